The minimum absolute atomic E-state index is 0.161. The van der Waals surface area contributed by atoms with Crippen LogP contribution in [0.2, 0.25) is 0 Å². The van der Waals surface area contributed by atoms with Crippen LogP contribution in [0.1, 0.15) is 25.6 Å². The first-order valence-corrected chi connectivity index (χ1v) is 8.19. The molecule has 130 valence electrons. The van der Waals surface area contributed by atoms with Gasteiger partial charge in [0.25, 0.3) is 5.89 Å². The van der Waals surface area contributed by atoms with E-state index in [-0.39, 0.29) is 12.7 Å². The van der Waals surface area contributed by atoms with Crippen molar-refractivity contribution in [2.24, 2.45) is 0 Å². The van der Waals surface area contributed by atoms with Crippen LogP contribution in [0.4, 0.5) is 5.69 Å². The van der Waals surface area contributed by atoms with Crippen LogP contribution in [0.25, 0.3) is 0 Å². The minimum Gasteiger partial charge on any atom is -0.491 e. The molecule has 3 rings (SSSR count). The Hall–Kier alpha value is -3.02. The van der Waals surface area contributed by atoms with E-state index in [4.69, 9.17) is 13.9 Å². The van der Waals surface area contributed by atoms with Crippen LogP contribution in [-0.4, -0.2) is 16.3 Å². The van der Waals surface area contributed by atoms with Crippen molar-refractivity contribution in [3.63, 3.8) is 0 Å². The Labute approximate surface area is 146 Å². The molecule has 1 N–H and O–H groups in total. The fourth-order valence-electron chi connectivity index (χ4n) is 2.18. The summed E-state index contributed by atoms with van der Waals surface area (Å²) in [4.78, 5) is 0. The van der Waals surface area contributed by atoms with Crippen molar-refractivity contribution < 1.29 is 13.9 Å². The van der Waals surface area contributed by atoms with Gasteiger partial charge in [0.05, 0.1) is 12.6 Å². The third kappa shape index (κ3) is 5.24. The van der Waals surface area contributed by atoms with E-state index in [1.165, 1.54) is 0 Å². The summed E-state index contributed by atoms with van der Waals surface area (Å²) in [6.45, 7) is 4.70. The van der Waals surface area contributed by atoms with E-state index in [1.54, 1.807) is 0 Å². The number of hydrogen-bond donors (Lipinski definition) is 1. The van der Waals surface area contributed by atoms with E-state index in [0.717, 1.165) is 17.2 Å². The maximum atomic E-state index is 5.62. The molecule has 0 aliphatic heterocycles. The second-order valence-electron chi connectivity index (χ2n) is 5.74. The van der Waals surface area contributed by atoms with E-state index in [0.29, 0.717) is 18.3 Å². The number of para-hydroxylation sites is 1. The summed E-state index contributed by atoms with van der Waals surface area (Å²) >= 11 is 0. The second kappa shape index (κ2) is 8.19. The van der Waals surface area contributed by atoms with Gasteiger partial charge in [-0.25, -0.2) is 0 Å². The highest BCUT2D eigenvalue weighted by molar-refractivity contribution is 5.46. The zero-order valence-corrected chi connectivity index (χ0v) is 14.3. The fourth-order valence-corrected chi connectivity index (χ4v) is 2.18. The molecule has 0 bridgehead atoms. The van der Waals surface area contributed by atoms with Crippen molar-refractivity contribution in [1.29, 1.82) is 0 Å². The first kappa shape index (κ1) is 16.8. The Morgan fingerprint density at radius 1 is 0.920 bits per heavy atom. The van der Waals surface area contributed by atoms with Gasteiger partial charge in [-0.05, 0) is 50.2 Å². The molecule has 6 nitrogen and oxygen atoms in total. The van der Waals surface area contributed by atoms with Crippen LogP contribution >= 0.6 is 0 Å². The van der Waals surface area contributed by atoms with Gasteiger partial charge in [0.15, 0.2) is 6.61 Å². The van der Waals surface area contributed by atoms with Gasteiger partial charge in [-0.15, -0.1) is 10.2 Å². The maximum absolute atomic E-state index is 5.62. The summed E-state index contributed by atoms with van der Waals surface area (Å²) in [5, 5.41) is 11.2. The summed E-state index contributed by atoms with van der Waals surface area (Å²) in [6.07, 6.45) is 0.161. The number of ether oxygens (including phenoxy) is 2. The first-order valence-electron chi connectivity index (χ1n) is 8.19. The predicted octanol–water partition coefficient (Wildman–Crippen LogP) is 4.05. The summed E-state index contributed by atoms with van der Waals surface area (Å²) in [7, 11) is 0. The van der Waals surface area contributed by atoms with Gasteiger partial charge >= 0.3 is 0 Å². The Bertz CT molecular complexity index is 770. The van der Waals surface area contributed by atoms with Gasteiger partial charge in [0.1, 0.15) is 11.5 Å². The van der Waals surface area contributed by atoms with E-state index >= 15 is 0 Å². The first-order chi connectivity index (χ1) is 12.2. The number of anilines is 1. The molecule has 0 saturated heterocycles. The highest BCUT2D eigenvalue weighted by Crippen LogP contribution is 2.17. The molecular weight excluding hydrogens is 318 g/mol. The zero-order valence-electron chi connectivity index (χ0n) is 14.3. The molecule has 3 aromatic rings. The zero-order chi connectivity index (χ0) is 17.5. The number of benzene rings is 2. The largest absolute Gasteiger partial charge is 0.491 e. The molecule has 0 fully saturated rings. The molecule has 0 aliphatic rings. The van der Waals surface area contributed by atoms with E-state index in [1.807, 2.05) is 68.4 Å². The van der Waals surface area contributed by atoms with Gasteiger partial charge < -0.3 is 19.2 Å². The van der Waals surface area contributed by atoms with Crippen LogP contribution in [0.15, 0.2) is 59.0 Å². The number of nitrogens with zero attached hydrogens (tertiary/aromatic N) is 2. The molecule has 0 spiro atoms. The smallest absolute Gasteiger partial charge is 0.253 e. The van der Waals surface area contributed by atoms with Crippen LogP contribution < -0.4 is 14.8 Å². The van der Waals surface area contributed by atoms with Gasteiger partial charge in [-0.2, -0.15) is 0 Å². The van der Waals surface area contributed by atoms with Gasteiger partial charge in [-0.3, -0.25) is 0 Å². The monoisotopic (exact) mass is 339 g/mol. The van der Waals surface area contributed by atoms with Crippen LogP contribution in [0.5, 0.6) is 11.5 Å². The van der Waals surface area contributed by atoms with Crippen molar-refractivity contribution in [1.82, 2.24) is 10.2 Å². The van der Waals surface area contributed by atoms with Crippen LogP contribution in [0, 0.1) is 0 Å². The molecule has 0 atom stereocenters. The Morgan fingerprint density at radius 3 is 2.36 bits per heavy atom. The summed E-state index contributed by atoms with van der Waals surface area (Å²) in [5.41, 5.74) is 0.955. The average Bonchev–Trinajstić information content (AvgIpc) is 3.08. The lowest BCUT2D eigenvalue weighted by Gasteiger charge is -2.10. The summed E-state index contributed by atoms with van der Waals surface area (Å²) < 4.78 is 16.8. The molecule has 0 amide bonds. The number of nitrogens with one attached hydrogen (secondary N) is 1. The standard InChI is InChI=1S/C19H21N3O3/c1-14(2)24-17-10-8-15(9-11-17)20-12-18-21-22-19(25-18)13-23-16-6-4-3-5-7-16/h3-11,14,20H,12-13H2,1-2H3. The molecule has 0 aliphatic carbocycles. The average molecular weight is 339 g/mol. The third-order valence-corrected chi connectivity index (χ3v) is 3.28. The maximum Gasteiger partial charge on any atom is 0.253 e. The fraction of sp³-hybridized carbons (Fsp3) is 0.263. The molecule has 25 heavy (non-hydrogen) atoms. The van der Waals surface area contributed by atoms with Crippen LogP contribution in [0.3, 0.4) is 0 Å². The second-order valence-corrected chi connectivity index (χ2v) is 5.74. The molecule has 0 unspecified atom stereocenters. The van der Waals surface area contributed by atoms with Crippen LogP contribution in [-0.2, 0) is 13.2 Å². The van der Waals surface area contributed by atoms with Gasteiger partial charge in [0, 0.05) is 5.69 Å². The Morgan fingerprint density at radius 2 is 1.64 bits per heavy atom. The SMILES string of the molecule is CC(C)Oc1ccc(NCc2nnc(COc3ccccc3)o2)cc1. The number of aromatic nitrogens is 2. The normalized spacial score (nSPS) is 10.7. The minimum atomic E-state index is 0.161. The quantitative estimate of drug-likeness (QED) is 0.668. The van der Waals surface area contributed by atoms with Crippen molar-refractivity contribution in [3.8, 4) is 11.5 Å². The highest BCUT2D eigenvalue weighted by Gasteiger charge is 2.07. The van der Waals surface area contributed by atoms with Gasteiger partial charge in [-0.1, -0.05) is 18.2 Å². The lowest BCUT2D eigenvalue weighted by Crippen LogP contribution is -2.05. The van der Waals surface area contributed by atoms with Crippen molar-refractivity contribution >= 4 is 5.69 Å². The molecule has 6 heteroatoms. The van der Waals surface area contributed by atoms with Gasteiger partial charge in [0.2, 0.25) is 5.89 Å². The lowest BCUT2D eigenvalue weighted by molar-refractivity contribution is 0.242. The lowest BCUT2D eigenvalue weighted by atomic mass is 10.3. The molecule has 0 saturated carbocycles. The Balaban J connectivity index is 1.48. The third-order valence-electron chi connectivity index (χ3n) is 3.28. The van der Waals surface area contributed by atoms with Crippen molar-refractivity contribution in [2.45, 2.75) is 33.1 Å². The molecule has 1 aromatic heterocycles. The van der Waals surface area contributed by atoms with E-state index in [2.05, 4.69) is 15.5 Å². The van der Waals surface area contributed by atoms with E-state index in [9.17, 15) is 0 Å². The molecular formula is C19H21N3O3. The summed E-state index contributed by atoms with van der Waals surface area (Å²) in [6, 6.07) is 17.3. The van der Waals surface area contributed by atoms with Crippen molar-refractivity contribution in [3.05, 3.63) is 66.4 Å². The predicted molar refractivity (Wildman–Crippen MR) is 94.6 cm³/mol. The molecule has 2 aromatic carbocycles. The number of hydrogen-bond acceptors (Lipinski definition) is 6. The highest BCUT2D eigenvalue weighted by atomic mass is 16.5. The van der Waals surface area contributed by atoms with E-state index < -0.39 is 0 Å². The number of rotatable bonds is 8. The molecule has 0 radical (unpaired) electrons. The Kier molecular flexibility index (Phi) is 5.51. The molecule has 1 heterocycles. The van der Waals surface area contributed by atoms with Crippen molar-refractivity contribution in [2.75, 3.05) is 5.32 Å². The topological polar surface area (TPSA) is 69.4 Å². The summed E-state index contributed by atoms with van der Waals surface area (Å²) in [5.74, 6) is 2.57.